The number of nitrogens with zero attached hydrogens (tertiary/aromatic N) is 4. The fraction of sp³-hybridized carbons (Fsp3) is 0.348. The van der Waals surface area contributed by atoms with Crippen LogP contribution in [0.5, 0.6) is 11.5 Å². The zero-order valence-corrected chi connectivity index (χ0v) is 19.8. The van der Waals surface area contributed by atoms with Crippen LogP contribution >= 0.6 is 0 Å². The topological polar surface area (TPSA) is 117 Å². The SMILES string of the molecule is N#Cc1c(NS(=O)(=O)N2CC3(CC[C@@H]3F)C2)ccc(F)c1Oc1ccc2ncn(CC(F)F)c(=O)c2c1. The summed E-state index contributed by atoms with van der Waals surface area (Å²) in [5, 5.41) is 9.60. The summed E-state index contributed by atoms with van der Waals surface area (Å²) in [7, 11) is -4.16. The van der Waals surface area contributed by atoms with E-state index in [0.717, 1.165) is 33.4 Å². The molecular formula is C23H19F4N5O4S. The van der Waals surface area contributed by atoms with E-state index in [1.54, 1.807) is 6.07 Å². The zero-order valence-electron chi connectivity index (χ0n) is 19.0. The van der Waals surface area contributed by atoms with Crippen LogP contribution in [0.25, 0.3) is 10.9 Å². The third-order valence-electron chi connectivity index (χ3n) is 6.69. The summed E-state index contributed by atoms with van der Waals surface area (Å²) in [5.41, 5.74) is -1.98. The van der Waals surface area contributed by atoms with Crippen molar-refractivity contribution in [2.45, 2.75) is 32.0 Å². The minimum atomic E-state index is -4.16. The van der Waals surface area contributed by atoms with Gasteiger partial charge in [-0.1, -0.05) is 0 Å². The lowest BCUT2D eigenvalue weighted by atomic mass is 9.63. The van der Waals surface area contributed by atoms with Crippen LogP contribution in [0.1, 0.15) is 18.4 Å². The Balaban J connectivity index is 1.43. The first-order valence-electron chi connectivity index (χ1n) is 11.1. The van der Waals surface area contributed by atoms with Gasteiger partial charge in [-0.15, -0.1) is 0 Å². The van der Waals surface area contributed by atoms with Crippen molar-refractivity contribution in [2.24, 2.45) is 5.41 Å². The molecule has 1 aromatic heterocycles. The molecule has 1 N–H and O–H groups in total. The maximum Gasteiger partial charge on any atom is 0.301 e. The summed E-state index contributed by atoms with van der Waals surface area (Å²) in [5.74, 6) is -1.71. The molecule has 0 unspecified atom stereocenters. The van der Waals surface area contributed by atoms with Crippen molar-refractivity contribution in [1.82, 2.24) is 13.9 Å². The quantitative estimate of drug-likeness (QED) is 0.461. The van der Waals surface area contributed by atoms with Crippen LogP contribution in [-0.2, 0) is 16.8 Å². The van der Waals surface area contributed by atoms with E-state index in [0.29, 0.717) is 12.8 Å². The second-order valence-corrected chi connectivity index (χ2v) is 10.7. The van der Waals surface area contributed by atoms with E-state index in [2.05, 4.69) is 9.71 Å². The number of anilines is 1. The van der Waals surface area contributed by atoms with Crippen molar-refractivity contribution in [2.75, 3.05) is 17.8 Å². The number of benzene rings is 2. The molecule has 1 saturated carbocycles. The predicted octanol–water partition coefficient (Wildman–Crippen LogP) is 3.56. The van der Waals surface area contributed by atoms with Gasteiger partial charge >= 0.3 is 10.2 Å². The Morgan fingerprint density at radius 3 is 2.65 bits per heavy atom. The molecule has 0 radical (unpaired) electrons. The van der Waals surface area contributed by atoms with Gasteiger partial charge in [0.05, 0.1) is 29.5 Å². The van der Waals surface area contributed by atoms with Crippen LogP contribution in [0.2, 0.25) is 0 Å². The van der Waals surface area contributed by atoms with Crippen LogP contribution in [-0.4, -0.2) is 48.0 Å². The van der Waals surface area contributed by atoms with Gasteiger partial charge in [0.1, 0.15) is 23.6 Å². The normalized spacial score (nSPS) is 18.9. The number of aromatic nitrogens is 2. The standard InChI is InChI=1S/C23H19F4N5O4S/c24-16-2-4-18(30-37(34,35)32-10-23(11-32)6-5-19(23)25)15(8-28)21(16)36-13-1-3-17-14(7-13)22(33)31(12-29-17)9-20(26)27/h1-4,7,12,19-20,30H,5-6,9-11H2/t19-/m0/s1. The molecule has 1 spiro atoms. The molecule has 0 bridgehead atoms. The monoisotopic (exact) mass is 537 g/mol. The smallest absolute Gasteiger partial charge is 0.301 e. The average Bonchev–Trinajstić information content (AvgIpc) is 2.81. The maximum atomic E-state index is 14.7. The molecule has 2 heterocycles. The summed E-state index contributed by atoms with van der Waals surface area (Å²) in [4.78, 5) is 16.5. The average molecular weight is 537 g/mol. The number of hydrogen-bond donors (Lipinski definition) is 1. The molecule has 2 aromatic carbocycles. The number of alkyl halides is 3. The number of halogens is 4. The van der Waals surface area contributed by atoms with E-state index in [1.165, 1.54) is 12.1 Å². The molecule has 1 aliphatic heterocycles. The Labute approximate surface area is 208 Å². The van der Waals surface area contributed by atoms with Crippen molar-refractivity contribution in [3.63, 3.8) is 0 Å². The van der Waals surface area contributed by atoms with Gasteiger partial charge in [0.2, 0.25) is 0 Å². The van der Waals surface area contributed by atoms with Crippen molar-refractivity contribution in [3.8, 4) is 17.6 Å². The van der Waals surface area contributed by atoms with Gasteiger partial charge in [0, 0.05) is 18.5 Å². The van der Waals surface area contributed by atoms with Crippen LogP contribution in [0.4, 0.5) is 23.2 Å². The summed E-state index contributed by atoms with van der Waals surface area (Å²) >= 11 is 0. The third kappa shape index (κ3) is 4.38. The van der Waals surface area contributed by atoms with E-state index < -0.39 is 57.5 Å². The first-order chi connectivity index (χ1) is 17.5. The number of fused-ring (bicyclic) bond motifs is 1. The van der Waals surface area contributed by atoms with Crippen LogP contribution < -0.4 is 15.0 Å². The molecule has 3 aromatic rings. The van der Waals surface area contributed by atoms with Crippen molar-refractivity contribution >= 4 is 26.8 Å². The molecule has 194 valence electrons. The summed E-state index contributed by atoms with van der Waals surface area (Å²) < 4.78 is 89.1. The Hall–Kier alpha value is -3.70. The van der Waals surface area contributed by atoms with Gasteiger partial charge < -0.3 is 4.74 Å². The number of rotatable bonds is 7. The highest BCUT2D eigenvalue weighted by Crippen LogP contribution is 2.51. The van der Waals surface area contributed by atoms with Gasteiger partial charge in [0.25, 0.3) is 12.0 Å². The summed E-state index contributed by atoms with van der Waals surface area (Å²) in [6.45, 7) is -0.860. The highest BCUT2D eigenvalue weighted by molar-refractivity contribution is 7.90. The number of ether oxygens (including phenoxy) is 1. The van der Waals surface area contributed by atoms with E-state index in [1.807, 2.05) is 0 Å². The zero-order chi connectivity index (χ0) is 26.5. The van der Waals surface area contributed by atoms with Crippen molar-refractivity contribution < 1.29 is 30.7 Å². The fourth-order valence-electron chi connectivity index (χ4n) is 4.50. The van der Waals surface area contributed by atoms with Gasteiger partial charge in [0.15, 0.2) is 11.6 Å². The molecule has 37 heavy (non-hydrogen) atoms. The van der Waals surface area contributed by atoms with Crippen molar-refractivity contribution in [1.29, 1.82) is 5.26 Å². The maximum absolute atomic E-state index is 14.7. The van der Waals surface area contributed by atoms with Gasteiger partial charge in [-0.2, -0.15) is 18.0 Å². The van der Waals surface area contributed by atoms with Gasteiger partial charge in [-0.25, -0.2) is 22.5 Å². The van der Waals surface area contributed by atoms with E-state index in [4.69, 9.17) is 4.74 Å². The second kappa shape index (κ2) is 9.00. The minimum Gasteiger partial charge on any atom is -0.453 e. The Kier molecular flexibility index (Phi) is 6.07. The second-order valence-electron chi connectivity index (χ2n) is 9.03. The lowest BCUT2D eigenvalue weighted by molar-refractivity contribution is -0.0889. The largest absolute Gasteiger partial charge is 0.453 e. The Bertz CT molecular complexity index is 1600. The van der Waals surface area contributed by atoms with Gasteiger partial charge in [-0.3, -0.25) is 14.1 Å². The fourth-order valence-corrected chi connectivity index (χ4v) is 5.93. The molecule has 14 heteroatoms. The molecule has 0 amide bonds. The first kappa shape index (κ1) is 25.0. The lowest BCUT2D eigenvalue weighted by Gasteiger charge is -2.56. The highest BCUT2D eigenvalue weighted by Gasteiger charge is 2.58. The Morgan fingerprint density at radius 2 is 2.03 bits per heavy atom. The number of hydrogen-bond acceptors (Lipinski definition) is 6. The number of nitriles is 1. The van der Waals surface area contributed by atoms with E-state index >= 15 is 0 Å². The molecule has 1 saturated heterocycles. The summed E-state index contributed by atoms with van der Waals surface area (Å²) in [6, 6.07) is 7.52. The van der Waals surface area contributed by atoms with Crippen LogP contribution in [0.3, 0.4) is 0 Å². The molecule has 9 nitrogen and oxygen atoms in total. The molecule has 2 aliphatic rings. The van der Waals surface area contributed by atoms with Crippen LogP contribution in [0.15, 0.2) is 41.5 Å². The number of nitrogens with one attached hydrogen (secondary N) is 1. The molecule has 1 aliphatic carbocycles. The van der Waals surface area contributed by atoms with E-state index in [9.17, 15) is 36.0 Å². The van der Waals surface area contributed by atoms with E-state index in [-0.39, 0.29) is 35.4 Å². The third-order valence-corrected chi connectivity index (χ3v) is 8.11. The van der Waals surface area contributed by atoms with Crippen LogP contribution in [0, 0.1) is 22.6 Å². The molecule has 2 fully saturated rings. The highest BCUT2D eigenvalue weighted by atomic mass is 32.2. The minimum absolute atomic E-state index is 0.00412. The summed E-state index contributed by atoms with van der Waals surface area (Å²) in [6.07, 6.45) is -1.88. The predicted molar refractivity (Wildman–Crippen MR) is 124 cm³/mol. The Morgan fingerprint density at radius 1 is 1.27 bits per heavy atom. The molecule has 1 atom stereocenters. The first-order valence-corrected chi connectivity index (χ1v) is 12.6. The molecular weight excluding hydrogens is 518 g/mol. The lowest BCUT2D eigenvalue weighted by Crippen LogP contribution is -2.67. The van der Waals surface area contributed by atoms with Crippen molar-refractivity contribution in [3.05, 3.63) is 58.4 Å². The molecule has 5 rings (SSSR count). The van der Waals surface area contributed by atoms with Gasteiger partial charge in [-0.05, 0) is 43.2 Å².